The van der Waals surface area contributed by atoms with Crippen LogP contribution in [0.2, 0.25) is 0 Å². The first-order valence-electron chi connectivity index (χ1n) is 5.10. The van der Waals surface area contributed by atoms with E-state index in [4.69, 9.17) is 0 Å². The average molecular weight is 217 g/mol. The SMILES string of the molecule is Cc1cc(C)c(Cc2cscn2)c(C)c1. The highest BCUT2D eigenvalue weighted by Crippen LogP contribution is 2.19. The smallest absolute Gasteiger partial charge is 0.0794 e. The van der Waals surface area contributed by atoms with E-state index in [1.165, 1.54) is 27.9 Å². The predicted octanol–water partition coefficient (Wildman–Crippen LogP) is 3.66. The highest BCUT2D eigenvalue weighted by Gasteiger charge is 2.05. The van der Waals surface area contributed by atoms with Crippen molar-refractivity contribution in [3.63, 3.8) is 0 Å². The summed E-state index contributed by atoms with van der Waals surface area (Å²) in [5.74, 6) is 0. The van der Waals surface area contributed by atoms with E-state index >= 15 is 0 Å². The second kappa shape index (κ2) is 4.15. The van der Waals surface area contributed by atoms with Gasteiger partial charge < -0.3 is 0 Å². The van der Waals surface area contributed by atoms with Crippen LogP contribution in [0.4, 0.5) is 0 Å². The van der Waals surface area contributed by atoms with Crippen molar-refractivity contribution in [3.8, 4) is 0 Å². The van der Waals surface area contributed by atoms with E-state index in [2.05, 4.69) is 43.3 Å². The number of hydrogen-bond donors (Lipinski definition) is 0. The second-order valence-electron chi connectivity index (χ2n) is 4.03. The lowest BCUT2D eigenvalue weighted by atomic mass is 9.96. The van der Waals surface area contributed by atoms with Gasteiger partial charge in [-0.1, -0.05) is 17.7 Å². The minimum absolute atomic E-state index is 0.960. The molecule has 0 bridgehead atoms. The van der Waals surface area contributed by atoms with E-state index in [1.54, 1.807) is 11.3 Å². The maximum atomic E-state index is 4.33. The first-order chi connectivity index (χ1) is 7.16. The molecule has 2 aromatic rings. The zero-order chi connectivity index (χ0) is 10.8. The first-order valence-corrected chi connectivity index (χ1v) is 6.05. The summed E-state index contributed by atoms with van der Waals surface area (Å²) in [6.45, 7) is 6.51. The quantitative estimate of drug-likeness (QED) is 0.748. The molecule has 2 heteroatoms. The van der Waals surface area contributed by atoms with Gasteiger partial charge in [0.1, 0.15) is 0 Å². The molecule has 78 valence electrons. The van der Waals surface area contributed by atoms with Gasteiger partial charge in [-0.15, -0.1) is 11.3 Å². The Bertz CT molecular complexity index is 434. The molecule has 1 heterocycles. The molecule has 15 heavy (non-hydrogen) atoms. The molecule has 0 saturated carbocycles. The molecule has 1 nitrogen and oxygen atoms in total. The molecule has 0 amide bonds. The van der Waals surface area contributed by atoms with Crippen molar-refractivity contribution < 1.29 is 0 Å². The van der Waals surface area contributed by atoms with Crippen molar-refractivity contribution in [3.05, 3.63) is 51.0 Å². The van der Waals surface area contributed by atoms with Crippen LogP contribution in [0.1, 0.15) is 27.9 Å². The number of benzene rings is 1. The molecule has 0 atom stereocenters. The highest BCUT2D eigenvalue weighted by molar-refractivity contribution is 7.07. The van der Waals surface area contributed by atoms with Gasteiger partial charge in [-0.05, 0) is 37.5 Å². The molecule has 1 aromatic heterocycles. The molecule has 1 aromatic carbocycles. The van der Waals surface area contributed by atoms with Gasteiger partial charge in [-0.25, -0.2) is 4.98 Å². The topological polar surface area (TPSA) is 12.9 Å². The summed E-state index contributed by atoms with van der Waals surface area (Å²) in [7, 11) is 0. The largest absolute Gasteiger partial charge is 0.249 e. The lowest BCUT2D eigenvalue weighted by Crippen LogP contribution is -1.96. The van der Waals surface area contributed by atoms with E-state index in [0.717, 1.165) is 6.42 Å². The van der Waals surface area contributed by atoms with Crippen LogP contribution < -0.4 is 0 Å². The average Bonchev–Trinajstić information content (AvgIpc) is 2.63. The molecule has 0 fully saturated rings. The molecule has 0 aliphatic rings. The van der Waals surface area contributed by atoms with E-state index in [-0.39, 0.29) is 0 Å². The van der Waals surface area contributed by atoms with Gasteiger partial charge in [-0.2, -0.15) is 0 Å². The van der Waals surface area contributed by atoms with Crippen molar-refractivity contribution in [1.82, 2.24) is 4.98 Å². The van der Waals surface area contributed by atoms with E-state index in [1.807, 2.05) is 5.51 Å². The van der Waals surface area contributed by atoms with Crippen LogP contribution in [0.15, 0.2) is 23.0 Å². The van der Waals surface area contributed by atoms with Crippen molar-refractivity contribution in [2.75, 3.05) is 0 Å². The van der Waals surface area contributed by atoms with Crippen LogP contribution in [0, 0.1) is 20.8 Å². The van der Waals surface area contributed by atoms with Gasteiger partial charge in [0, 0.05) is 11.8 Å². The second-order valence-corrected chi connectivity index (χ2v) is 4.75. The summed E-state index contributed by atoms with van der Waals surface area (Å²) in [6.07, 6.45) is 0.960. The number of rotatable bonds is 2. The molecule has 0 unspecified atom stereocenters. The van der Waals surface area contributed by atoms with Crippen LogP contribution >= 0.6 is 11.3 Å². The van der Waals surface area contributed by atoms with E-state index in [9.17, 15) is 0 Å². The summed E-state index contributed by atoms with van der Waals surface area (Å²) in [4.78, 5) is 4.33. The third-order valence-corrected chi connectivity index (χ3v) is 3.32. The van der Waals surface area contributed by atoms with Crippen molar-refractivity contribution in [2.24, 2.45) is 0 Å². The van der Waals surface area contributed by atoms with Crippen LogP contribution in [0.5, 0.6) is 0 Å². The fraction of sp³-hybridized carbons (Fsp3) is 0.308. The molecule has 0 N–H and O–H groups in total. The van der Waals surface area contributed by atoms with Crippen molar-refractivity contribution in [1.29, 1.82) is 0 Å². The van der Waals surface area contributed by atoms with E-state index < -0.39 is 0 Å². The zero-order valence-electron chi connectivity index (χ0n) is 9.37. The van der Waals surface area contributed by atoms with Crippen molar-refractivity contribution >= 4 is 11.3 Å². The van der Waals surface area contributed by atoms with Gasteiger partial charge in [-0.3, -0.25) is 0 Å². The lowest BCUT2D eigenvalue weighted by molar-refractivity contribution is 1.06. The van der Waals surface area contributed by atoms with Crippen LogP contribution in [-0.2, 0) is 6.42 Å². The molecular weight excluding hydrogens is 202 g/mol. The van der Waals surface area contributed by atoms with Gasteiger partial charge in [0.25, 0.3) is 0 Å². The summed E-state index contributed by atoms with van der Waals surface area (Å²) in [5, 5.41) is 2.12. The van der Waals surface area contributed by atoms with Crippen LogP contribution in [-0.4, -0.2) is 4.98 Å². The predicted molar refractivity (Wildman–Crippen MR) is 65.6 cm³/mol. The zero-order valence-corrected chi connectivity index (χ0v) is 10.2. The third kappa shape index (κ3) is 2.26. The third-order valence-electron chi connectivity index (χ3n) is 2.68. The fourth-order valence-corrected chi connectivity index (χ4v) is 2.55. The first kappa shape index (κ1) is 10.4. The Kier molecular flexibility index (Phi) is 2.87. The Labute approximate surface area is 94.8 Å². The minimum atomic E-state index is 0.960. The number of aryl methyl sites for hydroxylation is 3. The monoisotopic (exact) mass is 217 g/mol. The van der Waals surface area contributed by atoms with Gasteiger partial charge in [0.05, 0.1) is 11.2 Å². The maximum absolute atomic E-state index is 4.33. The molecule has 0 aliphatic heterocycles. The van der Waals surface area contributed by atoms with Gasteiger partial charge in [0.15, 0.2) is 0 Å². The summed E-state index contributed by atoms with van der Waals surface area (Å²) in [5.41, 5.74) is 8.59. The fourth-order valence-electron chi connectivity index (χ4n) is 1.99. The number of hydrogen-bond acceptors (Lipinski definition) is 2. The lowest BCUT2D eigenvalue weighted by Gasteiger charge is -2.09. The molecule has 0 aliphatic carbocycles. The summed E-state index contributed by atoms with van der Waals surface area (Å²) >= 11 is 1.66. The van der Waals surface area contributed by atoms with Crippen LogP contribution in [0.3, 0.4) is 0 Å². The summed E-state index contributed by atoms with van der Waals surface area (Å²) in [6, 6.07) is 4.49. The summed E-state index contributed by atoms with van der Waals surface area (Å²) < 4.78 is 0. The molecule has 0 spiro atoms. The molecule has 0 radical (unpaired) electrons. The Morgan fingerprint density at radius 2 is 1.80 bits per heavy atom. The number of aromatic nitrogens is 1. The standard InChI is InChI=1S/C13H15NS/c1-9-4-10(2)13(11(3)5-9)6-12-7-15-8-14-12/h4-5,7-8H,6H2,1-3H3. The van der Waals surface area contributed by atoms with Crippen molar-refractivity contribution in [2.45, 2.75) is 27.2 Å². The molecule has 0 saturated heterocycles. The Morgan fingerprint density at radius 3 is 2.33 bits per heavy atom. The molecular formula is C13H15NS. The maximum Gasteiger partial charge on any atom is 0.0794 e. The Balaban J connectivity index is 2.36. The highest BCUT2D eigenvalue weighted by atomic mass is 32.1. The number of nitrogens with zero attached hydrogens (tertiary/aromatic N) is 1. The molecule has 2 rings (SSSR count). The minimum Gasteiger partial charge on any atom is -0.249 e. The number of thiazole rings is 1. The van der Waals surface area contributed by atoms with Gasteiger partial charge >= 0.3 is 0 Å². The van der Waals surface area contributed by atoms with E-state index in [0.29, 0.717) is 0 Å². The Morgan fingerprint density at radius 1 is 1.13 bits per heavy atom. The normalized spacial score (nSPS) is 10.6. The Hall–Kier alpha value is -1.15. The van der Waals surface area contributed by atoms with Crippen LogP contribution in [0.25, 0.3) is 0 Å². The van der Waals surface area contributed by atoms with Gasteiger partial charge in [0.2, 0.25) is 0 Å².